The van der Waals surface area contributed by atoms with Crippen LogP contribution in [0.2, 0.25) is 0 Å². The third-order valence-electron chi connectivity index (χ3n) is 7.30. The van der Waals surface area contributed by atoms with E-state index in [4.69, 9.17) is 21.1 Å². The number of hydrogen-bond donors (Lipinski definition) is 2. The number of benzene rings is 1. The van der Waals surface area contributed by atoms with E-state index in [-0.39, 0.29) is 41.1 Å². The average molecular weight is 536 g/mol. The number of methoxy groups -OCH3 is 2. The molecular weight excluding hydrogens is 497 g/mol. The quantitative estimate of drug-likeness (QED) is 0.436. The summed E-state index contributed by atoms with van der Waals surface area (Å²) in [5.74, 6) is -0.535. The molecule has 0 saturated carbocycles. The summed E-state index contributed by atoms with van der Waals surface area (Å²) in [7, 11) is 2.84. The predicted octanol–water partition coefficient (Wildman–Crippen LogP) is 4.97. The van der Waals surface area contributed by atoms with Gasteiger partial charge in [0.25, 0.3) is 0 Å². The summed E-state index contributed by atoms with van der Waals surface area (Å²) < 4.78 is 24.9. The van der Waals surface area contributed by atoms with E-state index in [0.29, 0.717) is 48.8 Å². The van der Waals surface area contributed by atoms with Crippen molar-refractivity contribution in [3.63, 3.8) is 0 Å². The molecule has 2 N–H and O–H groups in total. The van der Waals surface area contributed by atoms with Crippen LogP contribution in [0.1, 0.15) is 51.5 Å². The molecule has 0 spiro atoms. The van der Waals surface area contributed by atoms with Crippen LogP contribution in [0, 0.1) is 17.7 Å². The van der Waals surface area contributed by atoms with E-state index < -0.39 is 6.09 Å². The Morgan fingerprint density at radius 3 is 2.59 bits per heavy atom. The Morgan fingerprint density at radius 1 is 1.24 bits per heavy atom. The molecule has 0 aromatic heterocycles. The lowest BCUT2D eigenvalue weighted by Crippen LogP contribution is -2.42. The molecule has 4 atom stereocenters. The minimum atomic E-state index is -0.485. The van der Waals surface area contributed by atoms with Gasteiger partial charge in [-0.15, -0.1) is 0 Å². The van der Waals surface area contributed by atoms with Crippen molar-refractivity contribution in [2.24, 2.45) is 11.8 Å². The van der Waals surface area contributed by atoms with Gasteiger partial charge in [0.2, 0.25) is 5.91 Å². The van der Waals surface area contributed by atoms with E-state index in [1.807, 2.05) is 18.2 Å². The number of halogens is 2. The fourth-order valence-corrected chi connectivity index (χ4v) is 5.21. The van der Waals surface area contributed by atoms with Gasteiger partial charge in [-0.05, 0) is 57.7 Å². The monoisotopic (exact) mass is 535 g/mol. The molecule has 2 amide bonds. The second-order valence-electron chi connectivity index (χ2n) is 10.7. The first-order chi connectivity index (χ1) is 17.5. The van der Waals surface area contributed by atoms with Gasteiger partial charge in [0.05, 0.1) is 20.1 Å². The molecule has 1 heterocycles. The summed E-state index contributed by atoms with van der Waals surface area (Å²) in [5.41, 5.74) is 0.388. The van der Waals surface area contributed by atoms with Crippen molar-refractivity contribution in [1.29, 1.82) is 0 Å². The molecule has 1 saturated heterocycles. The fourth-order valence-electron chi connectivity index (χ4n) is 5.05. The number of nitrogens with one attached hydrogen (secondary N) is 2. The van der Waals surface area contributed by atoms with Crippen LogP contribution in [0.5, 0.6) is 5.75 Å². The first-order valence-corrected chi connectivity index (χ1v) is 13.2. The van der Waals surface area contributed by atoms with E-state index >= 15 is 0 Å². The molecule has 3 rings (SSSR count). The average Bonchev–Trinajstić information content (AvgIpc) is 3.32. The predicted molar refractivity (Wildman–Crippen MR) is 143 cm³/mol. The van der Waals surface area contributed by atoms with E-state index in [1.54, 1.807) is 12.1 Å². The number of rotatable bonds is 9. The van der Waals surface area contributed by atoms with Gasteiger partial charge in [0.1, 0.15) is 11.6 Å². The lowest BCUT2D eigenvalue weighted by atomic mass is 9.87. The molecule has 1 aromatic rings. The molecule has 37 heavy (non-hydrogen) atoms. The first kappa shape index (κ1) is 29.0. The Hall–Kier alpha value is -2.58. The van der Waals surface area contributed by atoms with Crippen LogP contribution in [0.4, 0.5) is 9.18 Å². The highest BCUT2D eigenvalue weighted by Crippen LogP contribution is 2.38. The second-order valence-corrected chi connectivity index (χ2v) is 11.1. The van der Waals surface area contributed by atoms with Gasteiger partial charge in [-0.1, -0.05) is 29.8 Å². The summed E-state index contributed by atoms with van der Waals surface area (Å²) >= 11 is 6.04. The van der Waals surface area contributed by atoms with Crippen LogP contribution in [0.3, 0.4) is 0 Å². The van der Waals surface area contributed by atoms with Crippen molar-refractivity contribution in [2.75, 3.05) is 33.9 Å². The van der Waals surface area contributed by atoms with Gasteiger partial charge < -0.3 is 20.1 Å². The molecule has 1 aliphatic carbocycles. The minimum Gasteiger partial charge on any atom is -0.497 e. The number of allylic oxidation sites excluding steroid dienone is 3. The first-order valence-electron chi connectivity index (χ1n) is 12.8. The lowest BCUT2D eigenvalue weighted by Gasteiger charge is -2.31. The number of hydrogen-bond acceptors (Lipinski definition) is 5. The molecule has 204 valence electrons. The van der Waals surface area contributed by atoms with E-state index in [0.717, 1.165) is 6.42 Å². The van der Waals surface area contributed by atoms with Gasteiger partial charge in [0, 0.05) is 54.1 Å². The maximum atomic E-state index is 15.0. The summed E-state index contributed by atoms with van der Waals surface area (Å²) in [5, 5.41) is 6.65. The summed E-state index contributed by atoms with van der Waals surface area (Å²) in [6.45, 7) is 7.91. The van der Waals surface area contributed by atoms with Gasteiger partial charge in [-0.3, -0.25) is 9.69 Å². The van der Waals surface area contributed by atoms with Gasteiger partial charge in [-0.25, -0.2) is 9.18 Å². The van der Waals surface area contributed by atoms with Crippen LogP contribution in [0.25, 0.3) is 0 Å². The zero-order valence-corrected chi connectivity index (χ0v) is 23.1. The Bertz CT molecular complexity index is 1020. The Morgan fingerprint density at radius 2 is 2.00 bits per heavy atom. The van der Waals surface area contributed by atoms with E-state index in [9.17, 15) is 14.0 Å². The van der Waals surface area contributed by atoms with Crippen molar-refractivity contribution >= 4 is 23.6 Å². The van der Waals surface area contributed by atoms with Crippen LogP contribution in [0.15, 0.2) is 41.5 Å². The Balaban J connectivity index is 1.63. The third-order valence-corrected chi connectivity index (χ3v) is 7.58. The van der Waals surface area contributed by atoms with Crippen molar-refractivity contribution in [1.82, 2.24) is 15.5 Å². The molecule has 1 aliphatic heterocycles. The number of alkyl carbamates (subject to hydrolysis) is 1. The number of carbonyl (C=O) groups excluding carboxylic acids is 2. The molecule has 7 nitrogen and oxygen atoms in total. The van der Waals surface area contributed by atoms with Crippen molar-refractivity contribution < 1.29 is 23.5 Å². The van der Waals surface area contributed by atoms with Crippen LogP contribution in [-0.4, -0.2) is 62.3 Å². The number of amides is 2. The van der Waals surface area contributed by atoms with Crippen LogP contribution < -0.4 is 15.4 Å². The summed E-state index contributed by atoms with van der Waals surface area (Å²) in [6, 6.07) is 4.70. The Labute approximate surface area is 224 Å². The highest BCUT2D eigenvalue weighted by Gasteiger charge is 2.42. The third kappa shape index (κ3) is 7.71. The van der Waals surface area contributed by atoms with Crippen LogP contribution >= 0.6 is 11.6 Å². The maximum absolute atomic E-state index is 15.0. The zero-order valence-electron chi connectivity index (χ0n) is 22.4. The highest BCUT2D eigenvalue weighted by molar-refractivity contribution is 6.31. The second kappa shape index (κ2) is 12.8. The number of carbonyl (C=O) groups is 2. The topological polar surface area (TPSA) is 79.9 Å². The molecule has 0 radical (unpaired) electrons. The van der Waals surface area contributed by atoms with Crippen molar-refractivity contribution in [3.05, 3.63) is 52.8 Å². The van der Waals surface area contributed by atoms with E-state index in [2.05, 4.69) is 36.3 Å². The smallest absolute Gasteiger partial charge is 0.407 e. The SMILES string of the molecule is COC(=O)N[C@@H](CCCNC(=O)[C@@H]1CN(C(C)(C)C)C[C@H]1c1ccc(OC)cc1F)C1C=CC(Cl)=CC1. The highest BCUT2D eigenvalue weighted by atomic mass is 35.5. The fraction of sp³-hybridized carbons (Fsp3) is 0.571. The lowest BCUT2D eigenvalue weighted by molar-refractivity contribution is -0.125. The molecule has 1 fully saturated rings. The molecule has 0 bridgehead atoms. The van der Waals surface area contributed by atoms with E-state index in [1.165, 1.54) is 20.3 Å². The molecule has 2 aliphatic rings. The Kier molecular flexibility index (Phi) is 10.0. The van der Waals surface area contributed by atoms with Gasteiger partial charge in [0.15, 0.2) is 0 Å². The van der Waals surface area contributed by atoms with Crippen molar-refractivity contribution in [2.45, 2.75) is 57.5 Å². The summed E-state index contributed by atoms with van der Waals surface area (Å²) in [6.07, 6.45) is 7.32. The minimum absolute atomic E-state index is 0.0864. The number of nitrogens with zero attached hydrogens (tertiary/aromatic N) is 1. The molecule has 1 aromatic carbocycles. The molecule has 9 heteroatoms. The van der Waals surface area contributed by atoms with Gasteiger partial charge >= 0.3 is 6.09 Å². The van der Waals surface area contributed by atoms with Crippen molar-refractivity contribution in [3.8, 4) is 5.75 Å². The number of likely N-dealkylation sites (tertiary alicyclic amines) is 1. The summed E-state index contributed by atoms with van der Waals surface area (Å²) in [4.78, 5) is 27.4. The molecular formula is C28H39ClFN3O4. The zero-order chi connectivity index (χ0) is 27.2. The number of ether oxygens (including phenoxy) is 2. The normalized spacial score (nSPS) is 22.8. The largest absolute Gasteiger partial charge is 0.497 e. The maximum Gasteiger partial charge on any atom is 0.407 e. The van der Waals surface area contributed by atoms with Gasteiger partial charge in [-0.2, -0.15) is 0 Å². The standard InChI is InChI=1S/C28H39ClFN3O4/c1-28(2,3)33-16-22(21-13-12-20(36-4)15-24(21)30)23(17-33)26(34)31-14-6-7-25(32-27(35)37-5)18-8-10-19(29)11-9-18/h8,10-13,15,18,22-23,25H,6-7,9,14,16-17H2,1-5H3,(H,31,34)(H,32,35)/t18?,22-,23+,25-/m0/s1. The van der Waals surface area contributed by atoms with Crippen LogP contribution in [-0.2, 0) is 9.53 Å². The molecule has 1 unspecified atom stereocenters.